The summed E-state index contributed by atoms with van der Waals surface area (Å²) in [5.41, 5.74) is 2.69. The molecule has 0 saturated carbocycles. The third-order valence-electron chi connectivity index (χ3n) is 4.99. The molecule has 3 aromatic carbocycles. The normalized spacial score (nSPS) is 16.1. The molecule has 0 saturated heterocycles. The van der Waals surface area contributed by atoms with E-state index in [-0.39, 0.29) is 12.7 Å². The minimum Gasteiger partial charge on any atom is -0.497 e. The highest BCUT2D eigenvalue weighted by Crippen LogP contribution is 2.34. The monoisotopic (exact) mass is 476 g/mol. The summed E-state index contributed by atoms with van der Waals surface area (Å²) in [5, 5.41) is 0. The molecule has 154 valence electrons. The molecular weight excluding hydrogens is 460 g/mol. The second-order valence-electron chi connectivity index (χ2n) is 6.92. The van der Waals surface area contributed by atoms with Gasteiger partial charge in [0.25, 0.3) is 5.91 Å². The maximum absolute atomic E-state index is 13.4. The van der Waals surface area contributed by atoms with E-state index in [0.717, 1.165) is 15.6 Å². The molecule has 0 fully saturated rings. The largest absolute Gasteiger partial charge is 0.497 e. The van der Waals surface area contributed by atoms with E-state index in [9.17, 15) is 4.79 Å². The molecule has 2 aliphatic rings. The smallest absolute Gasteiger partial charge is 0.282 e. The average Bonchev–Trinajstić information content (AvgIpc) is 3.39. The lowest BCUT2D eigenvalue weighted by Crippen LogP contribution is -2.32. The van der Waals surface area contributed by atoms with Crippen LogP contribution < -0.4 is 19.1 Å². The van der Waals surface area contributed by atoms with Crippen molar-refractivity contribution < 1.29 is 19.0 Å². The molecule has 0 unspecified atom stereocenters. The number of benzene rings is 3. The molecule has 5 rings (SSSR count). The number of amidine groups is 1. The van der Waals surface area contributed by atoms with Gasteiger partial charge in [-0.25, -0.2) is 4.99 Å². The highest BCUT2D eigenvalue weighted by Gasteiger charge is 2.32. The number of halogens is 1. The fourth-order valence-electron chi connectivity index (χ4n) is 3.44. The fraction of sp³-hybridized carbons (Fsp3) is 0.0833. The number of aliphatic imine (C=N–C) groups is 1. The Hall–Kier alpha value is -3.58. The zero-order valence-corrected chi connectivity index (χ0v) is 18.1. The van der Waals surface area contributed by atoms with Gasteiger partial charge in [0.1, 0.15) is 17.3 Å². The maximum atomic E-state index is 13.4. The number of carbonyl (C=O) groups is 1. The van der Waals surface area contributed by atoms with E-state index >= 15 is 0 Å². The van der Waals surface area contributed by atoms with E-state index in [1.54, 1.807) is 18.1 Å². The molecule has 0 aromatic heterocycles. The van der Waals surface area contributed by atoms with Gasteiger partial charge in [0.2, 0.25) is 6.79 Å². The Morgan fingerprint density at radius 1 is 1.00 bits per heavy atom. The SMILES string of the molecule is COc1ccc(N2C(=O)/C(=C\c3ccc4c(c3)OCO4)N=C2c2ccc(Br)cc2)cc1. The Bertz CT molecular complexity index is 1220. The predicted octanol–water partition coefficient (Wildman–Crippen LogP) is 5.02. The average molecular weight is 477 g/mol. The van der Waals surface area contributed by atoms with Crippen LogP contribution in [0.4, 0.5) is 5.69 Å². The third-order valence-corrected chi connectivity index (χ3v) is 5.52. The van der Waals surface area contributed by atoms with Crippen molar-refractivity contribution in [1.29, 1.82) is 0 Å². The van der Waals surface area contributed by atoms with Crippen LogP contribution in [0.3, 0.4) is 0 Å². The Morgan fingerprint density at radius 3 is 2.48 bits per heavy atom. The van der Waals surface area contributed by atoms with Gasteiger partial charge in [0.05, 0.1) is 12.8 Å². The number of hydrogen-bond donors (Lipinski definition) is 0. The van der Waals surface area contributed by atoms with Crippen molar-refractivity contribution in [2.45, 2.75) is 0 Å². The van der Waals surface area contributed by atoms with Crippen molar-refractivity contribution in [3.05, 3.63) is 88.0 Å². The van der Waals surface area contributed by atoms with Gasteiger partial charge >= 0.3 is 0 Å². The lowest BCUT2D eigenvalue weighted by molar-refractivity contribution is -0.113. The zero-order valence-electron chi connectivity index (χ0n) is 16.5. The Kier molecular flexibility index (Phi) is 4.95. The van der Waals surface area contributed by atoms with Gasteiger partial charge in [-0.1, -0.05) is 34.1 Å². The third kappa shape index (κ3) is 3.68. The summed E-state index contributed by atoms with van der Waals surface area (Å²) in [7, 11) is 1.61. The quantitative estimate of drug-likeness (QED) is 0.496. The molecule has 3 aromatic rings. The van der Waals surface area contributed by atoms with Crippen LogP contribution in [0.25, 0.3) is 6.08 Å². The first-order chi connectivity index (χ1) is 15.1. The second-order valence-corrected chi connectivity index (χ2v) is 7.84. The first-order valence-corrected chi connectivity index (χ1v) is 10.4. The maximum Gasteiger partial charge on any atom is 0.282 e. The molecule has 2 heterocycles. The van der Waals surface area contributed by atoms with Crippen molar-refractivity contribution >= 4 is 39.4 Å². The topological polar surface area (TPSA) is 60.4 Å². The van der Waals surface area contributed by atoms with Gasteiger partial charge in [-0.05, 0) is 60.2 Å². The first kappa shape index (κ1) is 19.4. The van der Waals surface area contributed by atoms with Crippen LogP contribution in [-0.2, 0) is 4.79 Å². The summed E-state index contributed by atoms with van der Waals surface area (Å²) in [6, 6.07) is 20.6. The summed E-state index contributed by atoms with van der Waals surface area (Å²) in [6.07, 6.45) is 1.76. The van der Waals surface area contributed by atoms with E-state index in [2.05, 4.69) is 15.9 Å². The Morgan fingerprint density at radius 2 is 1.74 bits per heavy atom. The molecule has 0 bridgehead atoms. The Labute approximate surface area is 187 Å². The molecule has 0 aliphatic carbocycles. The minimum atomic E-state index is -0.208. The van der Waals surface area contributed by atoms with Gasteiger partial charge < -0.3 is 14.2 Å². The number of amides is 1. The number of nitrogens with zero attached hydrogens (tertiary/aromatic N) is 2. The van der Waals surface area contributed by atoms with E-state index in [1.165, 1.54) is 0 Å². The number of hydrogen-bond acceptors (Lipinski definition) is 5. The van der Waals surface area contributed by atoms with Crippen molar-refractivity contribution in [3.8, 4) is 17.2 Å². The molecule has 0 N–H and O–H groups in total. The van der Waals surface area contributed by atoms with Gasteiger partial charge in [-0.3, -0.25) is 9.69 Å². The van der Waals surface area contributed by atoms with E-state index in [4.69, 9.17) is 19.2 Å². The van der Waals surface area contributed by atoms with Crippen LogP contribution in [-0.4, -0.2) is 25.6 Å². The summed E-state index contributed by atoms with van der Waals surface area (Å²) >= 11 is 3.45. The number of ether oxygens (including phenoxy) is 3. The molecular formula is C24H17BrN2O4. The molecule has 0 spiro atoms. The van der Waals surface area contributed by atoms with Crippen LogP contribution in [0, 0.1) is 0 Å². The van der Waals surface area contributed by atoms with E-state index in [1.807, 2.05) is 66.7 Å². The number of anilines is 1. The van der Waals surface area contributed by atoms with Crippen LogP contribution in [0.15, 0.2) is 81.9 Å². The van der Waals surface area contributed by atoms with Gasteiger partial charge in [0.15, 0.2) is 11.5 Å². The van der Waals surface area contributed by atoms with Crippen molar-refractivity contribution in [3.63, 3.8) is 0 Å². The van der Waals surface area contributed by atoms with E-state index < -0.39 is 0 Å². The molecule has 0 radical (unpaired) electrons. The molecule has 2 aliphatic heterocycles. The second kappa shape index (κ2) is 7.92. The van der Waals surface area contributed by atoms with Crippen LogP contribution in [0.5, 0.6) is 17.2 Å². The number of rotatable bonds is 4. The standard InChI is InChI=1S/C24H17BrN2O4/c1-29-19-9-7-18(8-10-19)27-23(16-3-5-17(25)6-4-16)26-20(24(27)28)12-15-2-11-21-22(13-15)31-14-30-21/h2-13H,14H2,1H3/b20-12+. The number of methoxy groups -OCH3 is 1. The van der Waals surface area contributed by atoms with Crippen molar-refractivity contribution in [2.24, 2.45) is 4.99 Å². The van der Waals surface area contributed by atoms with Gasteiger partial charge in [0, 0.05) is 10.0 Å². The van der Waals surface area contributed by atoms with Gasteiger partial charge in [-0.15, -0.1) is 0 Å². The van der Waals surface area contributed by atoms with Gasteiger partial charge in [-0.2, -0.15) is 0 Å². The predicted molar refractivity (Wildman–Crippen MR) is 122 cm³/mol. The fourth-order valence-corrected chi connectivity index (χ4v) is 3.71. The summed E-state index contributed by atoms with van der Waals surface area (Å²) in [6.45, 7) is 0.200. The Balaban J connectivity index is 1.57. The molecule has 1 amide bonds. The number of fused-ring (bicyclic) bond motifs is 1. The highest BCUT2D eigenvalue weighted by molar-refractivity contribution is 9.10. The molecule has 31 heavy (non-hydrogen) atoms. The van der Waals surface area contributed by atoms with Crippen LogP contribution in [0.1, 0.15) is 11.1 Å². The van der Waals surface area contributed by atoms with E-state index in [0.29, 0.717) is 34.5 Å². The lowest BCUT2D eigenvalue weighted by Gasteiger charge is -2.19. The summed E-state index contributed by atoms with van der Waals surface area (Å²) in [4.78, 5) is 19.7. The van der Waals surface area contributed by atoms with Crippen LogP contribution in [0.2, 0.25) is 0 Å². The van der Waals surface area contributed by atoms with Crippen LogP contribution >= 0.6 is 15.9 Å². The zero-order chi connectivity index (χ0) is 21.4. The minimum absolute atomic E-state index is 0.200. The highest BCUT2D eigenvalue weighted by atomic mass is 79.9. The van der Waals surface area contributed by atoms with Crippen molar-refractivity contribution in [1.82, 2.24) is 0 Å². The molecule has 0 atom stereocenters. The summed E-state index contributed by atoms with van der Waals surface area (Å²) in [5.74, 6) is 2.42. The first-order valence-electron chi connectivity index (χ1n) is 9.57. The summed E-state index contributed by atoms with van der Waals surface area (Å²) < 4.78 is 17.0. The number of carbonyl (C=O) groups excluding carboxylic acids is 1. The molecule has 7 heteroatoms. The molecule has 6 nitrogen and oxygen atoms in total. The van der Waals surface area contributed by atoms with Crippen molar-refractivity contribution in [2.75, 3.05) is 18.8 Å². The lowest BCUT2D eigenvalue weighted by atomic mass is 10.1.